The maximum Gasteiger partial charge on any atom is 0.264 e. The maximum absolute atomic E-state index is 14.2. The lowest BCUT2D eigenvalue weighted by Gasteiger charge is -2.27. The Kier molecular flexibility index (Phi) is 5.32. The molecule has 6 rings (SSSR count). The molecule has 0 aliphatic carbocycles. The fraction of sp³-hybridized carbons (Fsp3) is 0.0667. The topological polar surface area (TPSA) is 37.4 Å². The van der Waals surface area contributed by atoms with Crippen LogP contribution in [0.2, 0.25) is 0 Å². The molecule has 6 aromatic rings. The summed E-state index contributed by atoms with van der Waals surface area (Å²) in [6.07, 6.45) is 0. The molecule has 35 heavy (non-hydrogen) atoms. The van der Waals surface area contributed by atoms with Gasteiger partial charge in [-0.3, -0.25) is 4.31 Å². The number of thiophene rings is 1. The van der Waals surface area contributed by atoms with E-state index in [-0.39, 0.29) is 6.54 Å². The van der Waals surface area contributed by atoms with Crippen LogP contribution >= 0.6 is 11.3 Å². The number of nitrogens with zero attached hydrogens (tertiary/aromatic N) is 1. The van der Waals surface area contributed by atoms with Crippen molar-refractivity contribution in [2.75, 3.05) is 4.31 Å². The molecule has 0 fully saturated rings. The highest BCUT2D eigenvalue weighted by atomic mass is 32.2. The molecule has 0 aliphatic rings. The van der Waals surface area contributed by atoms with Gasteiger partial charge in [-0.1, -0.05) is 84.4 Å². The van der Waals surface area contributed by atoms with Crippen molar-refractivity contribution in [3.63, 3.8) is 0 Å². The zero-order valence-corrected chi connectivity index (χ0v) is 20.8. The predicted octanol–water partition coefficient (Wildman–Crippen LogP) is 7.91. The average Bonchev–Trinajstić information content (AvgIpc) is 3.37. The number of fused-ring (bicyclic) bond motifs is 5. The third-order valence-electron chi connectivity index (χ3n) is 6.47. The number of sulfonamides is 1. The molecule has 3 nitrogen and oxygen atoms in total. The van der Waals surface area contributed by atoms with E-state index in [1.165, 1.54) is 0 Å². The third kappa shape index (κ3) is 3.77. The van der Waals surface area contributed by atoms with Gasteiger partial charge in [0.15, 0.2) is 0 Å². The van der Waals surface area contributed by atoms with Crippen molar-refractivity contribution < 1.29 is 8.42 Å². The van der Waals surface area contributed by atoms with E-state index in [0.717, 1.165) is 42.8 Å². The van der Waals surface area contributed by atoms with Gasteiger partial charge in [-0.15, -0.1) is 11.3 Å². The van der Waals surface area contributed by atoms with Gasteiger partial charge in [-0.05, 0) is 63.7 Å². The van der Waals surface area contributed by atoms with Crippen molar-refractivity contribution in [1.29, 1.82) is 0 Å². The molecule has 0 aliphatic heterocycles. The first-order chi connectivity index (χ1) is 17.0. The van der Waals surface area contributed by atoms with Gasteiger partial charge in [0.25, 0.3) is 10.0 Å². The van der Waals surface area contributed by atoms with Crippen molar-refractivity contribution in [1.82, 2.24) is 0 Å². The van der Waals surface area contributed by atoms with Gasteiger partial charge < -0.3 is 0 Å². The Morgan fingerprint density at radius 2 is 1.49 bits per heavy atom. The first-order valence-corrected chi connectivity index (χ1v) is 13.8. The molecular formula is C30H23NO2S2. The van der Waals surface area contributed by atoms with Crippen LogP contribution < -0.4 is 4.31 Å². The molecule has 1 heterocycles. The normalized spacial score (nSPS) is 11.9. The Hall–Kier alpha value is -3.67. The summed E-state index contributed by atoms with van der Waals surface area (Å²) in [4.78, 5) is 0.290. The Labute approximate surface area is 208 Å². The summed E-state index contributed by atoms with van der Waals surface area (Å²) in [5.41, 5.74) is 2.66. The zero-order valence-electron chi connectivity index (χ0n) is 19.2. The summed E-state index contributed by atoms with van der Waals surface area (Å²) in [5.74, 6) is 0. The van der Waals surface area contributed by atoms with Gasteiger partial charge in [0.05, 0.1) is 17.1 Å². The Morgan fingerprint density at radius 1 is 0.743 bits per heavy atom. The van der Waals surface area contributed by atoms with E-state index in [0.29, 0.717) is 10.6 Å². The SMILES string of the molecule is Cc1ccc(S(=O)(=O)N(Cc2ccccc2)c2cc3ccccc3c3ccc4ccsc4c23)cc1. The standard InChI is InChI=1S/C30H23NO2S2/c1-21-11-14-25(15-12-21)35(32,33)31(20-22-7-3-2-4-8-22)28-19-24-9-5-6-10-26(24)27-16-13-23-17-18-34-30(23)29(27)28/h2-19H,20H2,1H3. The van der Waals surface area contributed by atoms with E-state index >= 15 is 0 Å². The lowest BCUT2D eigenvalue weighted by atomic mass is 9.99. The largest absolute Gasteiger partial charge is 0.264 e. The Morgan fingerprint density at radius 3 is 2.29 bits per heavy atom. The van der Waals surface area contributed by atoms with Gasteiger partial charge in [0.2, 0.25) is 0 Å². The molecule has 0 radical (unpaired) electrons. The second-order valence-corrected chi connectivity index (χ2v) is 11.5. The molecule has 172 valence electrons. The minimum atomic E-state index is -3.84. The molecule has 5 aromatic carbocycles. The highest BCUT2D eigenvalue weighted by Crippen LogP contribution is 2.42. The highest BCUT2D eigenvalue weighted by Gasteiger charge is 2.28. The van der Waals surface area contributed by atoms with Crippen molar-refractivity contribution in [3.05, 3.63) is 120 Å². The molecule has 0 unspecified atom stereocenters. The van der Waals surface area contributed by atoms with Crippen LogP contribution in [0, 0.1) is 6.92 Å². The van der Waals surface area contributed by atoms with E-state index in [1.54, 1.807) is 27.8 Å². The minimum Gasteiger partial charge on any atom is -0.261 e. The Bertz CT molecular complexity index is 1790. The van der Waals surface area contributed by atoms with E-state index in [1.807, 2.05) is 67.6 Å². The fourth-order valence-electron chi connectivity index (χ4n) is 4.68. The van der Waals surface area contributed by atoms with E-state index in [4.69, 9.17) is 0 Å². The van der Waals surface area contributed by atoms with Gasteiger partial charge in [0.1, 0.15) is 0 Å². The van der Waals surface area contributed by atoms with Crippen molar-refractivity contribution in [2.45, 2.75) is 18.4 Å². The van der Waals surface area contributed by atoms with Gasteiger partial charge in [-0.2, -0.15) is 0 Å². The van der Waals surface area contributed by atoms with Crippen LogP contribution in [0.1, 0.15) is 11.1 Å². The van der Waals surface area contributed by atoms with Gasteiger partial charge in [0, 0.05) is 10.1 Å². The number of rotatable bonds is 5. The average molecular weight is 494 g/mol. The van der Waals surface area contributed by atoms with Crippen LogP contribution in [-0.2, 0) is 16.6 Å². The van der Waals surface area contributed by atoms with Crippen molar-refractivity contribution in [3.8, 4) is 0 Å². The highest BCUT2D eigenvalue weighted by molar-refractivity contribution is 7.92. The Balaban J connectivity index is 1.70. The van der Waals surface area contributed by atoms with Crippen molar-refractivity contribution >= 4 is 58.7 Å². The lowest BCUT2D eigenvalue weighted by Crippen LogP contribution is -2.30. The molecule has 5 heteroatoms. The lowest BCUT2D eigenvalue weighted by molar-refractivity contribution is 0.590. The summed E-state index contributed by atoms with van der Waals surface area (Å²) in [6.45, 7) is 2.20. The molecule has 0 bridgehead atoms. The molecule has 0 N–H and O–H groups in total. The molecule has 0 saturated heterocycles. The third-order valence-corrected chi connectivity index (χ3v) is 9.19. The molecular weight excluding hydrogens is 470 g/mol. The summed E-state index contributed by atoms with van der Waals surface area (Å²) in [6, 6.07) is 33.5. The number of hydrogen-bond donors (Lipinski definition) is 0. The molecule has 1 aromatic heterocycles. The van der Waals surface area contributed by atoms with Gasteiger partial charge >= 0.3 is 0 Å². The number of benzene rings is 5. The van der Waals surface area contributed by atoms with Crippen molar-refractivity contribution in [2.24, 2.45) is 0 Å². The van der Waals surface area contributed by atoms with E-state index in [9.17, 15) is 8.42 Å². The zero-order chi connectivity index (χ0) is 24.0. The second-order valence-electron chi connectivity index (χ2n) is 8.75. The van der Waals surface area contributed by atoms with Crippen LogP contribution in [0.15, 0.2) is 113 Å². The summed E-state index contributed by atoms with van der Waals surface area (Å²) in [7, 11) is -3.84. The summed E-state index contributed by atoms with van der Waals surface area (Å²) in [5, 5.41) is 7.36. The first-order valence-electron chi connectivity index (χ1n) is 11.5. The maximum atomic E-state index is 14.2. The van der Waals surface area contributed by atoms with E-state index < -0.39 is 10.0 Å². The van der Waals surface area contributed by atoms with Gasteiger partial charge in [-0.25, -0.2) is 8.42 Å². The fourth-order valence-corrected chi connectivity index (χ4v) is 7.09. The molecule has 0 amide bonds. The van der Waals surface area contributed by atoms with Crippen LogP contribution in [0.3, 0.4) is 0 Å². The van der Waals surface area contributed by atoms with Crippen LogP contribution in [0.25, 0.3) is 31.6 Å². The molecule has 0 spiro atoms. The smallest absolute Gasteiger partial charge is 0.261 e. The second kappa shape index (κ2) is 8.52. The van der Waals surface area contributed by atoms with Crippen LogP contribution in [-0.4, -0.2) is 8.42 Å². The number of aryl methyl sites for hydroxylation is 1. The number of hydrogen-bond acceptors (Lipinski definition) is 3. The summed E-state index contributed by atoms with van der Waals surface area (Å²) < 4.78 is 31.1. The molecule has 0 saturated carbocycles. The molecule has 0 atom stereocenters. The quantitative estimate of drug-likeness (QED) is 0.229. The number of anilines is 1. The predicted molar refractivity (Wildman–Crippen MR) is 148 cm³/mol. The minimum absolute atomic E-state index is 0.242. The monoisotopic (exact) mass is 493 g/mol. The first kappa shape index (κ1) is 21.8. The van der Waals surface area contributed by atoms with Crippen LogP contribution in [0.5, 0.6) is 0 Å². The van der Waals surface area contributed by atoms with Crippen LogP contribution in [0.4, 0.5) is 5.69 Å². The van der Waals surface area contributed by atoms with E-state index in [2.05, 4.69) is 35.7 Å². The summed E-state index contributed by atoms with van der Waals surface area (Å²) >= 11 is 1.65.